The highest BCUT2D eigenvalue weighted by molar-refractivity contribution is 5.44. The van der Waals surface area contributed by atoms with Crippen LogP contribution < -0.4 is 0 Å². The van der Waals surface area contributed by atoms with Crippen LogP contribution in [0.1, 0.15) is 49.7 Å². The van der Waals surface area contributed by atoms with Crippen LogP contribution in [0.15, 0.2) is 30.1 Å². The third kappa shape index (κ3) is 1.81. The number of hydrogen-bond acceptors (Lipinski definition) is 2. The van der Waals surface area contributed by atoms with Crippen LogP contribution in [0, 0.1) is 17.3 Å². The van der Waals surface area contributed by atoms with Crippen molar-refractivity contribution in [1.29, 1.82) is 0 Å². The van der Waals surface area contributed by atoms with Crippen LogP contribution in [-0.2, 0) is 6.42 Å². The summed E-state index contributed by atoms with van der Waals surface area (Å²) in [6, 6.07) is 5.52. The fourth-order valence-electron chi connectivity index (χ4n) is 5.59. The highest BCUT2D eigenvalue weighted by Gasteiger charge is 2.56. The molecule has 2 saturated carbocycles. The van der Waals surface area contributed by atoms with Crippen molar-refractivity contribution in [2.75, 3.05) is 0 Å². The molecule has 3 aliphatic carbocycles. The number of aryl methyl sites for hydroxylation is 1. The lowest BCUT2D eigenvalue weighted by Gasteiger charge is -2.51. The predicted octanol–water partition coefficient (Wildman–Crippen LogP) is 4.07. The van der Waals surface area contributed by atoms with Crippen molar-refractivity contribution in [1.82, 2.24) is 0 Å². The van der Waals surface area contributed by atoms with Gasteiger partial charge in [-0.25, -0.2) is 4.39 Å². The molecule has 0 saturated heterocycles. The summed E-state index contributed by atoms with van der Waals surface area (Å²) in [7, 11) is 0. The molecule has 3 heteroatoms. The van der Waals surface area contributed by atoms with Crippen molar-refractivity contribution in [2.24, 2.45) is 17.3 Å². The van der Waals surface area contributed by atoms with E-state index in [0.29, 0.717) is 24.0 Å². The summed E-state index contributed by atoms with van der Waals surface area (Å²) in [4.78, 5) is 0. The first-order valence-electron chi connectivity index (χ1n) is 8.33. The monoisotopic (exact) mass is 302 g/mol. The topological polar surface area (TPSA) is 40.5 Å². The van der Waals surface area contributed by atoms with Gasteiger partial charge in [-0.1, -0.05) is 13.0 Å². The van der Waals surface area contributed by atoms with Crippen molar-refractivity contribution in [2.45, 2.75) is 51.0 Å². The first-order valence-corrected chi connectivity index (χ1v) is 8.33. The van der Waals surface area contributed by atoms with E-state index < -0.39 is 0 Å². The molecule has 0 heterocycles. The Morgan fingerprint density at radius 1 is 1.27 bits per heavy atom. The van der Waals surface area contributed by atoms with Crippen LogP contribution in [0.4, 0.5) is 4.39 Å². The minimum atomic E-state index is -0.311. The molecule has 0 aliphatic heterocycles. The zero-order valence-corrected chi connectivity index (χ0v) is 12.9. The molecule has 2 N–H and O–H groups in total. The number of hydrogen-bond donors (Lipinski definition) is 2. The van der Waals surface area contributed by atoms with Crippen LogP contribution in [0.3, 0.4) is 0 Å². The van der Waals surface area contributed by atoms with Crippen LogP contribution in [0.2, 0.25) is 0 Å². The number of aliphatic hydroxyl groups excluding tert-OH is 1. The third-order valence-electron chi connectivity index (χ3n) is 6.64. The zero-order valence-electron chi connectivity index (χ0n) is 12.9. The van der Waals surface area contributed by atoms with Gasteiger partial charge in [0, 0.05) is 11.3 Å². The second-order valence-corrected chi connectivity index (χ2v) is 7.63. The molecular weight excluding hydrogens is 279 g/mol. The van der Waals surface area contributed by atoms with Crippen molar-refractivity contribution in [3.05, 3.63) is 41.2 Å². The Balaban J connectivity index is 1.81. The largest absolute Gasteiger partial charge is 0.508 e. The number of benzene rings is 1. The molecule has 0 radical (unpaired) electrons. The van der Waals surface area contributed by atoms with E-state index in [1.165, 1.54) is 5.56 Å². The molecule has 0 unspecified atom stereocenters. The smallest absolute Gasteiger partial charge is 0.115 e. The minimum Gasteiger partial charge on any atom is -0.508 e. The maximum Gasteiger partial charge on any atom is 0.115 e. The number of allylic oxidation sites excluding steroid dienone is 1. The SMILES string of the molecule is C[C@]12C/C(=C\F)[C@@H]3c4ccc(O)cc4CC[C@H]3[C@@H]1CC[C@@H]2O. The summed E-state index contributed by atoms with van der Waals surface area (Å²) in [5.41, 5.74) is 2.99. The summed E-state index contributed by atoms with van der Waals surface area (Å²) in [6.07, 6.45) is 4.97. The number of aliphatic hydroxyl groups is 1. The van der Waals surface area contributed by atoms with Gasteiger partial charge in [0.2, 0.25) is 0 Å². The molecule has 2 nitrogen and oxygen atoms in total. The summed E-state index contributed by atoms with van der Waals surface area (Å²) < 4.78 is 13.7. The van der Waals surface area contributed by atoms with Gasteiger partial charge in [-0.05, 0) is 72.8 Å². The van der Waals surface area contributed by atoms with Crippen molar-refractivity contribution in [3.63, 3.8) is 0 Å². The third-order valence-corrected chi connectivity index (χ3v) is 6.64. The van der Waals surface area contributed by atoms with Gasteiger partial charge < -0.3 is 10.2 Å². The molecule has 0 spiro atoms. The number of halogens is 1. The molecule has 22 heavy (non-hydrogen) atoms. The lowest BCUT2D eigenvalue weighted by atomic mass is 9.54. The maximum atomic E-state index is 13.7. The summed E-state index contributed by atoms with van der Waals surface area (Å²) in [5, 5.41) is 20.1. The summed E-state index contributed by atoms with van der Waals surface area (Å²) in [6.45, 7) is 2.14. The molecule has 0 bridgehead atoms. The van der Waals surface area contributed by atoms with Crippen molar-refractivity contribution < 1.29 is 14.6 Å². The molecule has 4 rings (SSSR count). The quantitative estimate of drug-likeness (QED) is 0.758. The van der Waals surface area contributed by atoms with E-state index in [0.717, 1.165) is 43.1 Å². The second-order valence-electron chi connectivity index (χ2n) is 7.63. The molecule has 0 amide bonds. The highest BCUT2D eigenvalue weighted by atomic mass is 19.1. The van der Waals surface area contributed by atoms with Gasteiger partial charge in [-0.2, -0.15) is 0 Å². The van der Waals surface area contributed by atoms with E-state index in [9.17, 15) is 14.6 Å². The fraction of sp³-hybridized carbons (Fsp3) is 0.579. The van der Waals surface area contributed by atoms with Gasteiger partial charge in [0.1, 0.15) is 5.75 Å². The lowest BCUT2D eigenvalue weighted by Crippen LogP contribution is -2.45. The van der Waals surface area contributed by atoms with Crippen molar-refractivity contribution >= 4 is 0 Å². The van der Waals surface area contributed by atoms with E-state index in [-0.39, 0.29) is 17.4 Å². The van der Waals surface area contributed by atoms with E-state index in [1.54, 1.807) is 6.07 Å². The molecule has 1 aromatic carbocycles. The van der Waals surface area contributed by atoms with Gasteiger partial charge in [0.25, 0.3) is 0 Å². The molecule has 118 valence electrons. The van der Waals surface area contributed by atoms with Crippen LogP contribution >= 0.6 is 0 Å². The van der Waals surface area contributed by atoms with Gasteiger partial charge in [0.15, 0.2) is 0 Å². The summed E-state index contributed by atoms with van der Waals surface area (Å²) >= 11 is 0. The Morgan fingerprint density at radius 3 is 2.86 bits per heavy atom. The first-order chi connectivity index (χ1) is 10.5. The van der Waals surface area contributed by atoms with Crippen molar-refractivity contribution in [3.8, 4) is 5.75 Å². The van der Waals surface area contributed by atoms with Gasteiger partial charge in [0.05, 0.1) is 12.4 Å². The van der Waals surface area contributed by atoms with Gasteiger partial charge in [-0.3, -0.25) is 0 Å². The molecule has 0 aromatic heterocycles. The number of fused-ring (bicyclic) bond motifs is 5. The number of phenolic OH excluding ortho intramolecular Hbond substituents is 1. The van der Waals surface area contributed by atoms with Gasteiger partial charge >= 0.3 is 0 Å². The number of phenols is 1. The average molecular weight is 302 g/mol. The molecule has 5 atom stereocenters. The van der Waals surface area contributed by atoms with E-state index in [2.05, 4.69) is 6.92 Å². The van der Waals surface area contributed by atoms with E-state index in [4.69, 9.17) is 0 Å². The Hall–Kier alpha value is -1.35. The predicted molar refractivity (Wildman–Crippen MR) is 83.3 cm³/mol. The summed E-state index contributed by atoms with van der Waals surface area (Å²) in [5.74, 6) is 1.30. The minimum absolute atomic E-state index is 0.123. The maximum absolute atomic E-state index is 13.7. The molecule has 1 aromatic rings. The van der Waals surface area contributed by atoms with Crippen LogP contribution in [-0.4, -0.2) is 16.3 Å². The molecule has 2 fully saturated rings. The molecule has 3 aliphatic rings. The first kappa shape index (κ1) is 14.3. The standard InChI is InChI=1S/C19H23FO2/c1-19-9-12(10-20)18-14-5-3-13(21)8-11(14)2-4-15(18)16(19)6-7-17(19)22/h3,5,8,10,15-18,21-22H,2,4,6-7,9H2,1H3/b12-10+/t15-,16-,17-,18+,19-/m0/s1. The average Bonchev–Trinajstić information content (AvgIpc) is 2.81. The lowest BCUT2D eigenvalue weighted by molar-refractivity contribution is -0.00332. The Kier molecular flexibility index (Phi) is 3.12. The Bertz CT molecular complexity index is 638. The fourth-order valence-corrected chi connectivity index (χ4v) is 5.59. The van der Waals surface area contributed by atoms with E-state index >= 15 is 0 Å². The van der Waals surface area contributed by atoms with Crippen LogP contribution in [0.25, 0.3) is 0 Å². The van der Waals surface area contributed by atoms with E-state index in [1.807, 2.05) is 12.1 Å². The number of rotatable bonds is 0. The second kappa shape index (κ2) is 4.82. The highest BCUT2D eigenvalue weighted by Crippen LogP contribution is 2.62. The Labute approximate surface area is 130 Å². The van der Waals surface area contributed by atoms with Gasteiger partial charge in [-0.15, -0.1) is 0 Å². The molecular formula is C19H23FO2. The van der Waals surface area contributed by atoms with Crippen LogP contribution in [0.5, 0.6) is 5.75 Å². The Morgan fingerprint density at radius 2 is 2.09 bits per heavy atom. The zero-order chi connectivity index (χ0) is 15.5. The number of aromatic hydroxyl groups is 1. The normalized spacial score (nSPS) is 41.9.